The van der Waals surface area contributed by atoms with E-state index in [0.29, 0.717) is 16.8 Å². The number of carbonyl (C=O) groups is 1. The predicted molar refractivity (Wildman–Crippen MR) is 88.0 cm³/mol. The molecule has 1 aliphatic heterocycles. The van der Waals surface area contributed by atoms with Gasteiger partial charge < -0.3 is 10.1 Å². The SMILES string of the molecule is CCn1c(=O)c2sccc2n(CC(=O)NC[C@H]2CCCO2)c1=O. The average molecular weight is 337 g/mol. The lowest BCUT2D eigenvalue weighted by molar-refractivity contribution is -0.122. The van der Waals surface area contributed by atoms with Crippen LogP contribution in [0.5, 0.6) is 0 Å². The summed E-state index contributed by atoms with van der Waals surface area (Å²) >= 11 is 1.28. The Bertz CT molecular complexity index is 829. The van der Waals surface area contributed by atoms with Gasteiger partial charge in [-0.3, -0.25) is 18.7 Å². The number of nitrogens with one attached hydrogen (secondary N) is 1. The topological polar surface area (TPSA) is 82.3 Å². The minimum Gasteiger partial charge on any atom is -0.376 e. The number of thiophene rings is 1. The van der Waals surface area contributed by atoms with Gasteiger partial charge in [0.2, 0.25) is 5.91 Å². The largest absolute Gasteiger partial charge is 0.376 e. The van der Waals surface area contributed by atoms with E-state index >= 15 is 0 Å². The first-order valence-corrected chi connectivity index (χ1v) is 8.59. The second-order valence-corrected chi connectivity index (χ2v) is 6.41. The summed E-state index contributed by atoms with van der Waals surface area (Å²) in [5.74, 6) is -0.253. The van der Waals surface area contributed by atoms with E-state index in [4.69, 9.17) is 4.74 Å². The smallest absolute Gasteiger partial charge is 0.331 e. The molecule has 0 aromatic carbocycles. The van der Waals surface area contributed by atoms with Crippen molar-refractivity contribution in [3.8, 4) is 0 Å². The number of aromatic nitrogens is 2. The molecule has 2 aromatic heterocycles. The standard InChI is InChI=1S/C15H19N3O4S/c1-2-17-14(20)13-11(5-7-23-13)18(15(17)21)9-12(19)16-8-10-4-3-6-22-10/h5,7,10H,2-4,6,8-9H2,1H3,(H,16,19)/t10-/m1/s1. The number of carbonyl (C=O) groups excluding carboxylic acids is 1. The molecule has 1 atom stereocenters. The van der Waals surface area contributed by atoms with Gasteiger partial charge in [-0.15, -0.1) is 11.3 Å². The first-order valence-electron chi connectivity index (χ1n) is 7.71. The van der Waals surface area contributed by atoms with Crippen molar-refractivity contribution in [3.05, 3.63) is 32.3 Å². The minimum absolute atomic E-state index is 0.0569. The molecule has 1 amide bonds. The molecule has 1 aliphatic rings. The summed E-state index contributed by atoms with van der Waals surface area (Å²) in [5.41, 5.74) is -0.226. The summed E-state index contributed by atoms with van der Waals surface area (Å²) < 4.78 is 8.48. The number of rotatable bonds is 5. The van der Waals surface area contributed by atoms with Crippen molar-refractivity contribution in [1.29, 1.82) is 0 Å². The highest BCUT2D eigenvalue weighted by molar-refractivity contribution is 7.17. The Hall–Kier alpha value is -1.93. The number of ether oxygens (including phenoxy) is 1. The van der Waals surface area contributed by atoms with Gasteiger partial charge >= 0.3 is 5.69 Å². The zero-order chi connectivity index (χ0) is 16.4. The van der Waals surface area contributed by atoms with Crippen LogP contribution in [-0.2, 0) is 22.6 Å². The fourth-order valence-corrected chi connectivity index (χ4v) is 3.64. The van der Waals surface area contributed by atoms with E-state index in [0.717, 1.165) is 24.0 Å². The molecule has 3 heterocycles. The van der Waals surface area contributed by atoms with Crippen molar-refractivity contribution >= 4 is 27.5 Å². The third-order valence-corrected chi connectivity index (χ3v) is 4.90. The lowest BCUT2D eigenvalue weighted by Gasteiger charge is -2.13. The Kier molecular flexibility index (Phi) is 4.63. The van der Waals surface area contributed by atoms with Crippen molar-refractivity contribution in [1.82, 2.24) is 14.5 Å². The molecule has 0 aliphatic carbocycles. The molecule has 8 heteroatoms. The van der Waals surface area contributed by atoms with Gasteiger partial charge in [0.05, 0.1) is 11.6 Å². The number of fused-ring (bicyclic) bond motifs is 1. The normalized spacial score (nSPS) is 17.7. The second kappa shape index (κ2) is 6.67. The van der Waals surface area contributed by atoms with Crippen molar-refractivity contribution in [2.24, 2.45) is 0 Å². The Labute approximate surface area is 136 Å². The van der Waals surface area contributed by atoms with E-state index in [1.807, 2.05) is 0 Å². The van der Waals surface area contributed by atoms with Gasteiger partial charge in [-0.05, 0) is 31.2 Å². The number of hydrogen-bond donors (Lipinski definition) is 1. The third-order valence-electron chi connectivity index (χ3n) is 4.01. The summed E-state index contributed by atoms with van der Waals surface area (Å²) in [5, 5.41) is 4.56. The molecule has 1 N–H and O–H groups in total. The highest BCUT2D eigenvalue weighted by Crippen LogP contribution is 2.15. The van der Waals surface area contributed by atoms with Crippen molar-refractivity contribution in [3.63, 3.8) is 0 Å². The lowest BCUT2D eigenvalue weighted by Crippen LogP contribution is -2.42. The number of amides is 1. The monoisotopic (exact) mass is 337 g/mol. The van der Waals surface area contributed by atoms with Crippen molar-refractivity contribution < 1.29 is 9.53 Å². The first-order chi connectivity index (χ1) is 11.1. The molecule has 7 nitrogen and oxygen atoms in total. The van der Waals surface area contributed by atoms with Crippen LogP contribution in [0.2, 0.25) is 0 Å². The maximum atomic E-state index is 12.5. The van der Waals surface area contributed by atoms with Crippen LogP contribution in [0, 0.1) is 0 Å². The second-order valence-electron chi connectivity index (χ2n) is 5.49. The minimum atomic E-state index is -0.448. The van der Waals surface area contributed by atoms with Crippen LogP contribution in [-0.4, -0.2) is 34.3 Å². The Morgan fingerprint density at radius 3 is 2.96 bits per heavy atom. The van der Waals surface area contributed by atoms with E-state index in [1.165, 1.54) is 15.9 Å². The van der Waals surface area contributed by atoms with E-state index < -0.39 is 5.69 Å². The van der Waals surface area contributed by atoms with Crippen molar-refractivity contribution in [2.45, 2.75) is 39.0 Å². The molecule has 0 bridgehead atoms. The highest BCUT2D eigenvalue weighted by Gasteiger charge is 2.18. The van der Waals surface area contributed by atoms with E-state index in [-0.39, 0.29) is 30.7 Å². The molecule has 1 saturated heterocycles. The molecule has 0 radical (unpaired) electrons. The Balaban J connectivity index is 1.84. The Morgan fingerprint density at radius 2 is 2.26 bits per heavy atom. The van der Waals surface area contributed by atoms with Gasteiger partial charge in [-0.1, -0.05) is 0 Å². The van der Waals surface area contributed by atoms with Crippen LogP contribution in [0.3, 0.4) is 0 Å². The van der Waals surface area contributed by atoms with Crippen LogP contribution >= 0.6 is 11.3 Å². The fourth-order valence-electron chi connectivity index (χ4n) is 2.80. The summed E-state index contributed by atoms with van der Waals surface area (Å²) in [6.07, 6.45) is 2.01. The molecule has 0 unspecified atom stereocenters. The molecule has 2 aromatic rings. The summed E-state index contributed by atoms with van der Waals surface area (Å²) in [6, 6.07) is 1.70. The quantitative estimate of drug-likeness (QED) is 0.863. The predicted octanol–water partition coefficient (Wildman–Crippen LogP) is 0.540. The molecule has 0 spiro atoms. The zero-order valence-corrected chi connectivity index (χ0v) is 13.7. The van der Waals surface area contributed by atoms with Gasteiger partial charge in [-0.2, -0.15) is 0 Å². The van der Waals surface area contributed by atoms with E-state index in [1.54, 1.807) is 18.4 Å². The summed E-state index contributed by atoms with van der Waals surface area (Å²) in [4.78, 5) is 36.8. The Morgan fingerprint density at radius 1 is 1.43 bits per heavy atom. The fraction of sp³-hybridized carbons (Fsp3) is 0.533. The lowest BCUT2D eigenvalue weighted by atomic mass is 10.2. The molecule has 23 heavy (non-hydrogen) atoms. The molecular formula is C15H19N3O4S. The van der Waals surface area contributed by atoms with Gasteiger partial charge in [0.1, 0.15) is 11.2 Å². The molecule has 0 saturated carbocycles. The molecule has 3 rings (SSSR count). The van der Waals surface area contributed by atoms with Crippen molar-refractivity contribution in [2.75, 3.05) is 13.2 Å². The van der Waals surface area contributed by atoms with Crippen LogP contribution in [0.4, 0.5) is 0 Å². The third kappa shape index (κ3) is 3.09. The molecule has 124 valence electrons. The maximum absolute atomic E-state index is 12.5. The average Bonchev–Trinajstić information content (AvgIpc) is 3.21. The van der Waals surface area contributed by atoms with Crippen LogP contribution < -0.4 is 16.6 Å². The maximum Gasteiger partial charge on any atom is 0.331 e. The zero-order valence-electron chi connectivity index (χ0n) is 12.9. The van der Waals surface area contributed by atoms with Crippen LogP contribution in [0.25, 0.3) is 10.2 Å². The summed E-state index contributed by atoms with van der Waals surface area (Å²) in [6.45, 7) is 3.11. The first kappa shape index (κ1) is 15.9. The van der Waals surface area contributed by atoms with Gasteiger partial charge in [0, 0.05) is 19.7 Å². The van der Waals surface area contributed by atoms with Crippen LogP contribution in [0.15, 0.2) is 21.0 Å². The number of hydrogen-bond acceptors (Lipinski definition) is 5. The van der Waals surface area contributed by atoms with Gasteiger partial charge in [-0.25, -0.2) is 4.79 Å². The van der Waals surface area contributed by atoms with E-state index in [2.05, 4.69) is 5.32 Å². The van der Waals surface area contributed by atoms with Crippen LogP contribution in [0.1, 0.15) is 19.8 Å². The van der Waals surface area contributed by atoms with E-state index in [9.17, 15) is 14.4 Å². The highest BCUT2D eigenvalue weighted by atomic mass is 32.1. The molecule has 1 fully saturated rings. The van der Waals surface area contributed by atoms with Gasteiger partial charge in [0.25, 0.3) is 5.56 Å². The number of nitrogens with zero attached hydrogens (tertiary/aromatic N) is 2. The van der Waals surface area contributed by atoms with Gasteiger partial charge in [0.15, 0.2) is 0 Å². The molecular weight excluding hydrogens is 318 g/mol. The summed E-state index contributed by atoms with van der Waals surface area (Å²) in [7, 11) is 0.